The molecule has 1 aromatic carbocycles. The van der Waals surface area contributed by atoms with Gasteiger partial charge in [0.05, 0.1) is 11.6 Å². The van der Waals surface area contributed by atoms with Crippen LogP contribution < -0.4 is 5.43 Å². The van der Waals surface area contributed by atoms with Crippen molar-refractivity contribution in [1.29, 1.82) is 5.26 Å². The van der Waals surface area contributed by atoms with Gasteiger partial charge in [0.1, 0.15) is 0 Å². The molecule has 0 radical (unpaired) electrons. The lowest BCUT2D eigenvalue weighted by Gasteiger charge is -1.98. The maximum atomic E-state index is 11.8. The van der Waals surface area contributed by atoms with Crippen LogP contribution in [0.15, 0.2) is 47.7 Å². The minimum Gasteiger partial charge on any atom is -0.367 e. The molecule has 2 heterocycles. The second-order valence-corrected chi connectivity index (χ2v) is 4.00. The van der Waals surface area contributed by atoms with Gasteiger partial charge in [0.15, 0.2) is 5.43 Å². The van der Waals surface area contributed by atoms with Crippen molar-refractivity contribution < 1.29 is 0 Å². The number of aromatic nitrogens is 2. The molecule has 0 aliphatic heterocycles. The lowest BCUT2D eigenvalue weighted by atomic mass is 10.0. The molecule has 0 aliphatic carbocycles. The summed E-state index contributed by atoms with van der Waals surface area (Å²) >= 11 is 0. The van der Waals surface area contributed by atoms with E-state index in [0.717, 1.165) is 16.5 Å². The van der Waals surface area contributed by atoms with E-state index < -0.39 is 0 Å². The predicted octanol–water partition coefficient (Wildman–Crippen LogP) is 2.39. The zero-order chi connectivity index (χ0) is 12.5. The third kappa shape index (κ3) is 1.50. The van der Waals surface area contributed by atoms with Crippen LogP contribution in [0.3, 0.4) is 0 Å². The number of hydrogen-bond acceptors (Lipinski definition) is 2. The number of fused-ring (bicyclic) bond motifs is 1. The molecule has 4 heteroatoms. The molecule has 0 bridgehead atoms. The molecule has 0 saturated carbocycles. The Balaban J connectivity index is 2.34. The molecule has 3 aromatic rings. The van der Waals surface area contributed by atoms with Crippen LogP contribution in [-0.4, -0.2) is 9.97 Å². The van der Waals surface area contributed by atoms with Gasteiger partial charge >= 0.3 is 0 Å². The fourth-order valence-electron chi connectivity index (χ4n) is 2.04. The number of nitrogens with zero attached hydrogens (tertiary/aromatic N) is 1. The lowest BCUT2D eigenvalue weighted by Crippen LogP contribution is -2.01. The summed E-state index contributed by atoms with van der Waals surface area (Å²) in [6.07, 6.45) is 5.06. The molecule has 2 N–H and O–H groups in total. The number of pyridine rings is 1. The van der Waals surface area contributed by atoms with Crippen LogP contribution in [-0.2, 0) is 0 Å². The van der Waals surface area contributed by atoms with Crippen LogP contribution in [0.1, 0.15) is 5.56 Å². The normalized spacial score (nSPS) is 10.4. The third-order valence-corrected chi connectivity index (χ3v) is 2.93. The van der Waals surface area contributed by atoms with Crippen LogP contribution in [0, 0.1) is 11.3 Å². The van der Waals surface area contributed by atoms with Crippen LogP contribution in [0.4, 0.5) is 0 Å². The minimum absolute atomic E-state index is 0.0444. The van der Waals surface area contributed by atoms with Crippen molar-refractivity contribution in [3.05, 3.63) is 58.6 Å². The lowest BCUT2D eigenvalue weighted by molar-refractivity contribution is 1.31. The molecule has 0 amide bonds. The van der Waals surface area contributed by atoms with Gasteiger partial charge in [-0.1, -0.05) is 0 Å². The van der Waals surface area contributed by atoms with Crippen molar-refractivity contribution in [2.45, 2.75) is 0 Å². The van der Waals surface area contributed by atoms with E-state index in [1.807, 2.05) is 6.07 Å². The quantitative estimate of drug-likeness (QED) is 0.679. The molecule has 0 saturated heterocycles. The predicted molar refractivity (Wildman–Crippen MR) is 69.1 cm³/mol. The zero-order valence-electron chi connectivity index (χ0n) is 9.40. The molecule has 0 unspecified atom stereocenters. The molecule has 18 heavy (non-hydrogen) atoms. The van der Waals surface area contributed by atoms with E-state index in [1.54, 1.807) is 30.7 Å². The minimum atomic E-state index is -0.0444. The monoisotopic (exact) mass is 235 g/mol. The van der Waals surface area contributed by atoms with E-state index in [1.165, 1.54) is 6.07 Å². The molecule has 4 nitrogen and oxygen atoms in total. The van der Waals surface area contributed by atoms with Gasteiger partial charge in [-0.05, 0) is 18.2 Å². The van der Waals surface area contributed by atoms with Crippen molar-refractivity contribution in [3.63, 3.8) is 0 Å². The second-order valence-electron chi connectivity index (χ2n) is 4.00. The van der Waals surface area contributed by atoms with E-state index in [9.17, 15) is 4.79 Å². The molecular weight excluding hydrogens is 226 g/mol. The van der Waals surface area contributed by atoms with Crippen LogP contribution in [0.5, 0.6) is 0 Å². The first-order valence-electron chi connectivity index (χ1n) is 5.48. The van der Waals surface area contributed by atoms with Crippen molar-refractivity contribution in [3.8, 4) is 17.2 Å². The molecule has 0 aliphatic rings. The highest BCUT2D eigenvalue weighted by atomic mass is 16.1. The standard InChI is InChI=1S/C14H9N3O/c15-6-9-1-2-13-10(5-9)11(8-17-13)12-7-16-4-3-14(12)18/h1-5,7-8,17H,(H,16,18). The summed E-state index contributed by atoms with van der Waals surface area (Å²) in [6.45, 7) is 0. The summed E-state index contributed by atoms with van der Waals surface area (Å²) in [4.78, 5) is 17.8. The first-order valence-corrected chi connectivity index (χ1v) is 5.48. The first kappa shape index (κ1) is 10.4. The Kier molecular flexibility index (Phi) is 2.24. The van der Waals surface area contributed by atoms with Crippen LogP contribution in [0.2, 0.25) is 0 Å². The van der Waals surface area contributed by atoms with E-state index in [0.29, 0.717) is 11.1 Å². The van der Waals surface area contributed by atoms with E-state index in [2.05, 4.69) is 16.0 Å². The smallest absolute Gasteiger partial charge is 0.189 e. The van der Waals surface area contributed by atoms with Crippen molar-refractivity contribution in [2.75, 3.05) is 0 Å². The first-order chi connectivity index (χ1) is 8.79. The van der Waals surface area contributed by atoms with Gasteiger partial charge in [-0.2, -0.15) is 5.26 Å². The van der Waals surface area contributed by atoms with Gasteiger partial charge in [-0.25, -0.2) is 0 Å². The fourth-order valence-corrected chi connectivity index (χ4v) is 2.04. The van der Waals surface area contributed by atoms with Gasteiger partial charge in [-0.15, -0.1) is 0 Å². The number of benzene rings is 1. The maximum absolute atomic E-state index is 11.8. The molecule has 0 fully saturated rings. The highest BCUT2D eigenvalue weighted by Crippen LogP contribution is 2.26. The Morgan fingerprint density at radius 3 is 2.78 bits per heavy atom. The number of nitriles is 1. The van der Waals surface area contributed by atoms with Crippen molar-refractivity contribution >= 4 is 10.9 Å². The highest BCUT2D eigenvalue weighted by Gasteiger charge is 2.09. The Bertz CT molecular complexity index is 821. The molecule has 3 rings (SSSR count). The summed E-state index contributed by atoms with van der Waals surface area (Å²) in [5, 5.41) is 9.80. The van der Waals surface area contributed by atoms with E-state index >= 15 is 0 Å². The van der Waals surface area contributed by atoms with E-state index in [-0.39, 0.29) is 5.43 Å². The SMILES string of the molecule is N#Cc1ccc2[nH]cc(-c3c[nH]ccc3=O)c2c1. The Morgan fingerprint density at radius 2 is 2.00 bits per heavy atom. The summed E-state index contributed by atoms with van der Waals surface area (Å²) in [5.41, 5.74) is 2.85. The van der Waals surface area contributed by atoms with Crippen LogP contribution >= 0.6 is 0 Å². The molecule has 2 aromatic heterocycles. The zero-order valence-corrected chi connectivity index (χ0v) is 9.40. The summed E-state index contributed by atoms with van der Waals surface area (Å²) < 4.78 is 0. The molecule has 86 valence electrons. The van der Waals surface area contributed by atoms with Gasteiger partial charge in [0.2, 0.25) is 0 Å². The summed E-state index contributed by atoms with van der Waals surface area (Å²) in [7, 11) is 0. The summed E-state index contributed by atoms with van der Waals surface area (Å²) in [6, 6.07) is 8.97. The number of rotatable bonds is 1. The largest absolute Gasteiger partial charge is 0.367 e. The van der Waals surface area contributed by atoms with Gasteiger partial charge in [0.25, 0.3) is 0 Å². The van der Waals surface area contributed by atoms with Gasteiger partial charge in [0, 0.05) is 46.7 Å². The van der Waals surface area contributed by atoms with E-state index in [4.69, 9.17) is 5.26 Å². The Morgan fingerprint density at radius 1 is 1.11 bits per heavy atom. The number of H-pyrrole nitrogens is 2. The molecule has 0 spiro atoms. The summed E-state index contributed by atoms with van der Waals surface area (Å²) in [5.74, 6) is 0. The second kappa shape index (κ2) is 3.90. The topological polar surface area (TPSA) is 72.4 Å². The Hall–Kier alpha value is -2.80. The van der Waals surface area contributed by atoms with Crippen molar-refractivity contribution in [2.24, 2.45) is 0 Å². The average Bonchev–Trinajstić information content (AvgIpc) is 2.82. The number of aromatic amines is 2. The van der Waals surface area contributed by atoms with Crippen LogP contribution in [0.25, 0.3) is 22.0 Å². The number of hydrogen-bond donors (Lipinski definition) is 2. The maximum Gasteiger partial charge on any atom is 0.189 e. The van der Waals surface area contributed by atoms with Crippen molar-refractivity contribution in [1.82, 2.24) is 9.97 Å². The Labute approximate surface area is 103 Å². The number of nitrogens with one attached hydrogen (secondary N) is 2. The third-order valence-electron chi connectivity index (χ3n) is 2.93. The van der Waals surface area contributed by atoms with Gasteiger partial charge < -0.3 is 9.97 Å². The molecule has 0 atom stereocenters. The molecular formula is C14H9N3O. The highest BCUT2D eigenvalue weighted by molar-refractivity contribution is 5.96. The van der Waals surface area contributed by atoms with Gasteiger partial charge in [-0.3, -0.25) is 4.79 Å². The average molecular weight is 235 g/mol. The fraction of sp³-hybridized carbons (Fsp3) is 0.